The molecule has 8 aromatic rings. The number of hydrogen-bond acceptors (Lipinski definition) is 3. The second kappa shape index (κ2) is 12.2. The van der Waals surface area contributed by atoms with E-state index in [1.165, 1.54) is 0 Å². The van der Waals surface area contributed by atoms with E-state index < -0.39 is 0 Å². The summed E-state index contributed by atoms with van der Waals surface area (Å²) in [5.41, 5.74) is 11.1. The molecule has 4 heteroatoms. The van der Waals surface area contributed by atoms with Gasteiger partial charge >= 0.3 is 5.69 Å². The summed E-state index contributed by atoms with van der Waals surface area (Å²) in [4.78, 5) is 23.5. The van der Waals surface area contributed by atoms with Crippen molar-refractivity contribution in [1.82, 2.24) is 14.4 Å². The molecule has 0 N–H and O–H groups in total. The summed E-state index contributed by atoms with van der Waals surface area (Å²) >= 11 is 0. The minimum Gasteiger partial charge on any atom is -0.245 e. The first-order valence-corrected chi connectivity index (χ1v) is 15.6. The monoisotopic (exact) mass is 603 g/mol. The maximum atomic E-state index is 14.0. The maximum absolute atomic E-state index is 14.0. The standard InChI is InChI=1S/C43H29N3O/c47-43-45-42(38-24-12-21-35(27-38)32-17-8-3-9-18-32)44-41-29-39(36-22-10-19-33(25-36)30-13-4-1-5-14-30)28-40(46(41)43)37-23-11-20-34(26-37)31-15-6-2-7-16-31/h1-29H. The molecular weight excluding hydrogens is 574 g/mol. The lowest BCUT2D eigenvalue weighted by atomic mass is 9.97. The van der Waals surface area contributed by atoms with E-state index in [0.717, 1.165) is 61.3 Å². The van der Waals surface area contributed by atoms with Crippen molar-refractivity contribution in [3.05, 3.63) is 186 Å². The summed E-state index contributed by atoms with van der Waals surface area (Å²) in [6.45, 7) is 0. The van der Waals surface area contributed by atoms with Gasteiger partial charge in [0.2, 0.25) is 0 Å². The zero-order chi connectivity index (χ0) is 31.6. The van der Waals surface area contributed by atoms with Crippen molar-refractivity contribution in [1.29, 1.82) is 0 Å². The van der Waals surface area contributed by atoms with Crippen molar-refractivity contribution >= 4 is 5.65 Å². The molecule has 0 spiro atoms. The number of rotatable bonds is 6. The van der Waals surface area contributed by atoms with Gasteiger partial charge in [-0.3, -0.25) is 0 Å². The van der Waals surface area contributed by atoms with Crippen LogP contribution in [0.2, 0.25) is 0 Å². The highest BCUT2D eigenvalue weighted by atomic mass is 16.1. The minimum absolute atomic E-state index is 0.375. The Bertz CT molecular complexity index is 2410. The molecule has 8 rings (SSSR count). The van der Waals surface area contributed by atoms with E-state index in [2.05, 4.69) is 89.9 Å². The Morgan fingerprint density at radius 1 is 0.340 bits per heavy atom. The van der Waals surface area contributed by atoms with Crippen LogP contribution in [0, 0.1) is 0 Å². The Balaban J connectivity index is 1.33. The molecule has 0 bridgehead atoms. The fourth-order valence-electron chi connectivity index (χ4n) is 6.11. The lowest BCUT2D eigenvalue weighted by Crippen LogP contribution is -2.21. The number of pyridine rings is 1. The number of benzene rings is 6. The molecule has 0 unspecified atom stereocenters. The fraction of sp³-hybridized carbons (Fsp3) is 0. The maximum Gasteiger partial charge on any atom is 0.355 e. The van der Waals surface area contributed by atoms with Crippen LogP contribution in [0.25, 0.3) is 72.8 Å². The summed E-state index contributed by atoms with van der Waals surface area (Å²) in [5.74, 6) is 0.395. The van der Waals surface area contributed by atoms with Crippen molar-refractivity contribution in [3.8, 4) is 67.2 Å². The van der Waals surface area contributed by atoms with Crippen molar-refractivity contribution < 1.29 is 0 Å². The lowest BCUT2D eigenvalue weighted by Gasteiger charge is -2.14. The summed E-state index contributed by atoms with van der Waals surface area (Å²) in [6, 6.07) is 59.6. The largest absolute Gasteiger partial charge is 0.355 e. The van der Waals surface area contributed by atoms with Crippen LogP contribution in [0.4, 0.5) is 0 Å². The molecule has 4 nitrogen and oxygen atoms in total. The van der Waals surface area contributed by atoms with E-state index in [1.807, 2.05) is 91.0 Å². The smallest absolute Gasteiger partial charge is 0.245 e. The Labute approximate surface area is 273 Å². The molecule has 0 aliphatic carbocycles. The molecule has 0 saturated carbocycles. The molecule has 6 aromatic carbocycles. The van der Waals surface area contributed by atoms with Gasteiger partial charge in [-0.05, 0) is 80.4 Å². The van der Waals surface area contributed by atoms with Gasteiger partial charge in [-0.25, -0.2) is 14.2 Å². The quantitative estimate of drug-likeness (QED) is 0.190. The first kappa shape index (κ1) is 28.1. The Kier molecular flexibility index (Phi) is 7.29. The van der Waals surface area contributed by atoms with Gasteiger partial charge in [-0.15, -0.1) is 0 Å². The van der Waals surface area contributed by atoms with Crippen LogP contribution in [0.1, 0.15) is 0 Å². The van der Waals surface area contributed by atoms with Gasteiger partial charge in [0, 0.05) is 5.56 Å². The van der Waals surface area contributed by atoms with E-state index in [4.69, 9.17) is 4.98 Å². The molecule has 2 heterocycles. The van der Waals surface area contributed by atoms with E-state index in [0.29, 0.717) is 11.5 Å². The Morgan fingerprint density at radius 3 is 1.28 bits per heavy atom. The summed E-state index contributed by atoms with van der Waals surface area (Å²) < 4.78 is 1.62. The van der Waals surface area contributed by atoms with Gasteiger partial charge in [-0.2, -0.15) is 4.98 Å². The fourth-order valence-corrected chi connectivity index (χ4v) is 6.11. The van der Waals surface area contributed by atoms with Crippen molar-refractivity contribution in [2.75, 3.05) is 0 Å². The first-order chi connectivity index (χ1) is 23.2. The van der Waals surface area contributed by atoms with Crippen molar-refractivity contribution in [2.24, 2.45) is 0 Å². The van der Waals surface area contributed by atoms with Gasteiger partial charge in [0.05, 0.1) is 5.69 Å². The van der Waals surface area contributed by atoms with Gasteiger partial charge in [0.25, 0.3) is 0 Å². The molecule has 0 atom stereocenters. The summed E-state index contributed by atoms with van der Waals surface area (Å²) in [6.07, 6.45) is 0. The molecule has 0 aliphatic heterocycles. The highest BCUT2D eigenvalue weighted by molar-refractivity contribution is 5.81. The van der Waals surface area contributed by atoms with Gasteiger partial charge in [0.1, 0.15) is 5.65 Å². The SMILES string of the molecule is O=c1nc(-c2cccc(-c3ccccc3)c2)nc2cc(-c3cccc(-c4ccccc4)c3)cc(-c3cccc(-c4ccccc4)c3)n12. The molecule has 0 saturated heterocycles. The van der Waals surface area contributed by atoms with E-state index >= 15 is 0 Å². The Morgan fingerprint density at radius 2 is 0.745 bits per heavy atom. The number of hydrogen-bond donors (Lipinski definition) is 0. The second-order valence-electron chi connectivity index (χ2n) is 11.5. The van der Waals surface area contributed by atoms with Crippen molar-refractivity contribution in [2.45, 2.75) is 0 Å². The summed E-state index contributed by atoms with van der Waals surface area (Å²) in [7, 11) is 0. The molecule has 0 amide bonds. The highest BCUT2D eigenvalue weighted by Gasteiger charge is 2.15. The molecule has 47 heavy (non-hydrogen) atoms. The normalized spacial score (nSPS) is 11.1. The third-order valence-electron chi connectivity index (χ3n) is 8.46. The van der Waals surface area contributed by atoms with E-state index in [1.54, 1.807) is 4.40 Å². The molecular formula is C43H29N3O. The van der Waals surface area contributed by atoms with Crippen LogP contribution in [0.5, 0.6) is 0 Å². The number of aromatic nitrogens is 3. The number of nitrogens with zero attached hydrogens (tertiary/aromatic N) is 3. The minimum atomic E-state index is -0.375. The zero-order valence-electron chi connectivity index (χ0n) is 25.5. The average Bonchev–Trinajstić information content (AvgIpc) is 3.15. The molecule has 2 aromatic heterocycles. The highest BCUT2D eigenvalue weighted by Crippen LogP contribution is 2.33. The zero-order valence-corrected chi connectivity index (χ0v) is 25.5. The predicted molar refractivity (Wildman–Crippen MR) is 192 cm³/mol. The third kappa shape index (κ3) is 5.65. The van der Waals surface area contributed by atoms with Crippen LogP contribution in [0.3, 0.4) is 0 Å². The lowest BCUT2D eigenvalue weighted by molar-refractivity contribution is 0.954. The van der Waals surface area contributed by atoms with Gasteiger partial charge in [0.15, 0.2) is 5.82 Å². The first-order valence-electron chi connectivity index (χ1n) is 15.6. The van der Waals surface area contributed by atoms with Gasteiger partial charge in [-0.1, -0.05) is 146 Å². The topological polar surface area (TPSA) is 47.3 Å². The van der Waals surface area contributed by atoms with E-state index in [-0.39, 0.29) is 5.69 Å². The van der Waals surface area contributed by atoms with Gasteiger partial charge < -0.3 is 0 Å². The van der Waals surface area contributed by atoms with Crippen LogP contribution in [-0.4, -0.2) is 14.4 Å². The van der Waals surface area contributed by atoms with Crippen LogP contribution in [0.15, 0.2) is 181 Å². The van der Waals surface area contributed by atoms with Crippen molar-refractivity contribution in [3.63, 3.8) is 0 Å². The molecule has 0 radical (unpaired) electrons. The molecule has 0 aliphatic rings. The van der Waals surface area contributed by atoms with Crippen LogP contribution >= 0.6 is 0 Å². The van der Waals surface area contributed by atoms with Crippen LogP contribution < -0.4 is 5.69 Å². The Hall–Kier alpha value is -6.39. The second-order valence-corrected chi connectivity index (χ2v) is 11.5. The van der Waals surface area contributed by atoms with E-state index in [9.17, 15) is 4.79 Å². The predicted octanol–water partition coefficient (Wildman–Crippen LogP) is 10.1. The molecule has 0 fully saturated rings. The summed E-state index contributed by atoms with van der Waals surface area (Å²) in [5, 5.41) is 0. The molecule has 222 valence electrons. The average molecular weight is 604 g/mol. The van der Waals surface area contributed by atoms with Crippen LogP contribution in [-0.2, 0) is 0 Å². The third-order valence-corrected chi connectivity index (χ3v) is 8.46. The number of fused-ring (bicyclic) bond motifs is 1.